The van der Waals surface area contributed by atoms with E-state index in [1.165, 1.54) is 6.20 Å². The van der Waals surface area contributed by atoms with Gasteiger partial charge in [0.25, 0.3) is 5.91 Å². The van der Waals surface area contributed by atoms with Crippen molar-refractivity contribution >= 4 is 29.1 Å². The second-order valence-corrected chi connectivity index (χ2v) is 6.24. The highest BCUT2D eigenvalue weighted by Crippen LogP contribution is 2.34. The first-order valence-corrected chi connectivity index (χ1v) is 7.31. The summed E-state index contributed by atoms with van der Waals surface area (Å²) < 4.78 is 0. The van der Waals surface area contributed by atoms with Gasteiger partial charge in [0.2, 0.25) is 0 Å². The number of hydrogen-bond donors (Lipinski definition) is 0. The number of rotatable bonds is 2. The van der Waals surface area contributed by atoms with Crippen LogP contribution >= 0.6 is 23.2 Å². The summed E-state index contributed by atoms with van der Waals surface area (Å²) >= 11 is 11.9. The zero-order valence-electron chi connectivity index (χ0n) is 11.2. The molecule has 0 atom stereocenters. The molecule has 0 aliphatic carbocycles. The molecule has 1 amide bonds. The Labute approximate surface area is 123 Å². The Morgan fingerprint density at radius 1 is 1.42 bits per heavy atom. The minimum absolute atomic E-state index is 0.0487. The highest BCUT2D eigenvalue weighted by Gasteiger charge is 2.31. The van der Waals surface area contributed by atoms with Gasteiger partial charge in [-0.2, -0.15) is 0 Å². The second kappa shape index (κ2) is 5.68. The minimum atomic E-state index is -0.0487. The van der Waals surface area contributed by atoms with Gasteiger partial charge in [-0.05, 0) is 24.3 Å². The molecule has 1 aliphatic heterocycles. The molecule has 5 heteroatoms. The van der Waals surface area contributed by atoms with Crippen molar-refractivity contribution in [3.05, 3.63) is 28.0 Å². The predicted molar refractivity (Wildman–Crippen MR) is 77.8 cm³/mol. The van der Waals surface area contributed by atoms with Gasteiger partial charge in [0.1, 0.15) is 5.15 Å². The lowest BCUT2D eigenvalue weighted by atomic mass is 9.78. The van der Waals surface area contributed by atoms with Gasteiger partial charge in [0.05, 0.1) is 10.6 Å². The number of piperidine rings is 1. The molecular formula is C14H18Cl2N2O. The van der Waals surface area contributed by atoms with Crippen LogP contribution in [0.4, 0.5) is 0 Å². The molecule has 0 radical (unpaired) electrons. The van der Waals surface area contributed by atoms with Crippen molar-refractivity contribution in [3.8, 4) is 0 Å². The third-order valence-corrected chi connectivity index (χ3v) is 4.67. The van der Waals surface area contributed by atoms with E-state index in [9.17, 15) is 4.79 Å². The van der Waals surface area contributed by atoms with E-state index in [0.29, 0.717) is 21.2 Å². The van der Waals surface area contributed by atoms with Crippen LogP contribution in [0.2, 0.25) is 10.2 Å². The number of amides is 1. The van der Waals surface area contributed by atoms with Gasteiger partial charge in [0, 0.05) is 19.3 Å². The maximum atomic E-state index is 12.4. The summed E-state index contributed by atoms with van der Waals surface area (Å²) in [5.41, 5.74) is 0.804. The lowest BCUT2D eigenvalue weighted by molar-refractivity contribution is 0.0600. The monoisotopic (exact) mass is 300 g/mol. The summed E-state index contributed by atoms with van der Waals surface area (Å²) in [6.07, 6.45) is 4.64. The number of aromatic nitrogens is 1. The minimum Gasteiger partial charge on any atom is -0.339 e. The van der Waals surface area contributed by atoms with Gasteiger partial charge in [0.15, 0.2) is 0 Å². The van der Waals surface area contributed by atoms with Crippen LogP contribution in [-0.4, -0.2) is 28.9 Å². The number of pyridine rings is 1. The highest BCUT2D eigenvalue weighted by molar-refractivity contribution is 6.35. The van der Waals surface area contributed by atoms with E-state index in [4.69, 9.17) is 23.2 Å². The van der Waals surface area contributed by atoms with Crippen molar-refractivity contribution in [1.82, 2.24) is 9.88 Å². The Balaban J connectivity index is 2.11. The Morgan fingerprint density at radius 2 is 2.05 bits per heavy atom. The molecule has 3 nitrogen and oxygen atoms in total. The van der Waals surface area contributed by atoms with Crippen LogP contribution < -0.4 is 0 Å². The molecule has 1 fully saturated rings. The van der Waals surface area contributed by atoms with Crippen LogP contribution in [0, 0.1) is 5.41 Å². The number of nitrogens with zero attached hydrogens (tertiary/aromatic N) is 2. The molecule has 1 saturated heterocycles. The molecule has 0 aromatic carbocycles. The molecule has 19 heavy (non-hydrogen) atoms. The summed E-state index contributed by atoms with van der Waals surface area (Å²) in [6, 6.07) is 1.54. The zero-order chi connectivity index (χ0) is 14.0. The molecule has 1 aromatic heterocycles. The summed E-state index contributed by atoms with van der Waals surface area (Å²) in [4.78, 5) is 18.1. The molecule has 0 saturated carbocycles. The van der Waals surface area contributed by atoms with Crippen molar-refractivity contribution < 1.29 is 4.79 Å². The lowest BCUT2D eigenvalue weighted by Crippen LogP contribution is -2.42. The van der Waals surface area contributed by atoms with Crippen LogP contribution in [0.3, 0.4) is 0 Å². The summed E-state index contributed by atoms with van der Waals surface area (Å²) in [5, 5.41) is 0.654. The van der Waals surface area contributed by atoms with E-state index in [0.717, 1.165) is 32.4 Å². The van der Waals surface area contributed by atoms with Crippen molar-refractivity contribution in [2.75, 3.05) is 13.1 Å². The molecule has 0 bridgehead atoms. The highest BCUT2D eigenvalue weighted by atomic mass is 35.5. The maximum absolute atomic E-state index is 12.4. The molecule has 0 N–H and O–H groups in total. The van der Waals surface area contributed by atoms with Crippen molar-refractivity contribution in [3.63, 3.8) is 0 Å². The summed E-state index contributed by atoms with van der Waals surface area (Å²) in [6.45, 7) is 6.04. The zero-order valence-corrected chi connectivity index (χ0v) is 12.8. The molecule has 104 valence electrons. The average Bonchev–Trinajstić information content (AvgIpc) is 2.42. The standard InChI is InChI=1S/C14H18Cl2N2O/c1-3-14(2)4-6-18(7-5-14)13(19)10-8-12(16)17-9-11(10)15/h8-9H,3-7H2,1-2H3. The fourth-order valence-electron chi connectivity index (χ4n) is 2.35. The summed E-state index contributed by atoms with van der Waals surface area (Å²) in [7, 11) is 0. The first-order valence-electron chi connectivity index (χ1n) is 6.55. The maximum Gasteiger partial charge on any atom is 0.255 e. The Hall–Kier alpha value is -0.800. The first kappa shape index (κ1) is 14.6. The van der Waals surface area contributed by atoms with Gasteiger partial charge in [-0.3, -0.25) is 4.79 Å². The topological polar surface area (TPSA) is 33.2 Å². The van der Waals surface area contributed by atoms with E-state index >= 15 is 0 Å². The fourth-order valence-corrected chi connectivity index (χ4v) is 2.69. The number of hydrogen-bond acceptors (Lipinski definition) is 2. The largest absolute Gasteiger partial charge is 0.339 e. The van der Waals surface area contributed by atoms with E-state index in [1.807, 2.05) is 4.90 Å². The van der Waals surface area contributed by atoms with E-state index in [1.54, 1.807) is 6.07 Å². The summed E-state index contributed by atoms with van der Waals surface area (Å²) in [5.74, 6) is -0.0487. The van der Waals surface area contributed by atoms with Gasteiger partial charge in [-0.25, -0.2) is 4.98 Å². The second-order valence-electron chi connectivity index (χ2n) is 5.44. The van der Waals surface area contributed by atoms with Crippen LogP contribution in [0.25, 0.3) is 0 Å². The van der Waals surface area contributed by atoms with E-state index in [2.05, 4.69) is 18.8 Å². The van der Waals surface area contributed by atoms with Gasteiger partial charge < -0.3 is 4.90 Å². The van der Waals surface area contributed by atoms with Crippen LogP contribution in [0.5, 0.6) is 0 Å². The van der Waals surface area contributed by atoms with Crippen LogP contribution in [-0.2, 0) is 0 Å². The fraction of sp³-hybridized carbons (Fsp3) is 0.571. The number of carbonyl (C=O) groups excluding carboxylic acids is 1. The first-order chi connectivity index (χ1) is 8.95. The van der Waals surface area contributed by atoms with E-state index < -0.39 is 0 Å². The van der Waals surface area contributed by atoms with Crippen LogP contribution in [0.1, 0.15) is 43.5 Å². The van der Waals surface area contributed by atoms with Crippen molar-refractivity contribution in [2.45, 2.75) is 33.1 Å². The van der Waals surface area contributed by atoms with Crippen molar-refractivity contribution in [2.24, 2.45) is 5.41 Å². The number of likely N-dealkylation sites (tertiary alicyclic amines) is 1. The van der Waals surface area contributed by atoms with Crippen LogP contribution in [0.15, 0.2) is 12.3 Å². The van der Waals surface area contributed by atoms with Gasteiger partial charge in [-0.1, -0.05) is 43.5 Å². The average molecular weight is 301 g/mol. The van der Waals surface area contributed by atoms with Crippen molar-refractivity contribution in [1.29, 1.82) is 0 Å². The normalized spacial score (nSPS) is 18.4. The predicted octanol–water partition coefficient (Wildman–Crippen LogP) is 4.04. The molecule has 0 unspecified atom stereocenters. The molecular weight excluding hydrogens is 283 g/mol. The SMILES string of the molecule is CCC1(C)CCN(C(=O)c2cc(Cl)ncc2Cl)CC1. The van der Waals surface area contributed by atoms with Gasteiger partial charge >= 0.3 is 0 Å². The number of carbonyl (C=O) groups is 1. The third-order valence-electron chi connectivity index (χ3n) is 4.16. The molecule has 1 aliphatic rings. The Kier molecular flexibility index (Phi) is 4.36. The van der Waals surface area contributed by atoms with E-state index in [-0.39, 0.29) is 5.91 Å². The third kappa shape index (κ3) is 3.21. The molecule has 2 heterocycles. The lowest BCUT2D eigenvalue weighted by Gasteiger charge is -2.39. The molecule has 2 rings (SSSR count). The smallest absolute Gasteiger partial charge is 0.255 e. The number of halogens is 2. The Morgan fingerprint density at radius 3 is 2.63 bits per heavy atom. The quantitative estimate of drug-likeness (QED) is 0.772. The molecule has 1 aromatic rings. The van der Waals surface area contributed by atoms with Gasteiger partial charge in [-0.15, -0.1) is 0 Å². The Bertz CT molecular complexity index is 482. The molecule has 0 spiro atoms.